The fourth-order valence-corrected chi connectivity index (χ4v) is 5.62. The number of rotatable bonds is 1. The number of para-hydroxylation sites is 1. The van der Waals surface area contributed by atoms with E-state index in [0.29, 0.717) is 0 Å². The van der Waals surface area contributed by atoms with Crippen LogP contribution in [0, 0.1) is 0 Å². The van der Waals surface area contributed by atoms with Crippen LogP contribution in [0.3, 0.4) is 0 Å². The van der Waals surface area contributed by atoms with Crippen LogP contribution >= 0.6 is 11.3 Å². The highest BCUT2D eigenvalue weighted by Gasteiger charge is 2.20. The Morgan fingerprint density at radius 1 is 0.759 bits per heavy atom. The largest absolute Gasteiger partial charge is 0.462 e. The molecule has 29 heavy (non-hydrogen) atoms. The van der Waals surface area contributed by atoms with Crippen molar-refractivity contribution in [2.45, 2.75) is 0 Å². The van der Waals surface area contributed by atoms with Gasteiger partial charge < -0.3 is 8.98 Å². The van der Waals surface area contributed by atoms with E-state index in [1.165, 1.54) is 31.1 Å². The Morgan fingerprint density at radius 3 is 2.59 bits per heavy atom. The summed E-state index contributed by atoms with van der Waals surface area (Å²) in [7, 11) is 0. The van der Waals surface area contributed by atoms with E-state index in [0.717, 1.165) is 27.7 Å². The molecule has 7 aromatic rings. The lowest BCUT2D eigenvalue weighted by Crippen LogP contribution is -1.93. The van der Waals surface area contributed by atoms with E-state index < -0.39 is 0 Å². The molecule has 7 rings (SSSR count). The Balaban J connectivity index is 1.80. The monoisotopic (exact) mass is 390 g/mol. The number of furan rings is 1. The zero-order valence-electron chi connectivity index (χ0n) is 15.3. The van der Waals surface area contributed by atoms with E-state index in [-0.39, 0.29) is 0 Å². The molecular weight excluding hydrogens is 376 g/mol. The van der Waals surface area contributed by atoms with Gasteiger partial charge >= 0.3 is 0 Å². The summed E-state index contributed by atoms with van der Waals surface area (Å²) >= 11 is 1.84. The van der Waals surface area contributed by atoms with Gasteiger partial charge in [-0.25, -0.2) is 0 Å². The van der Waals surface area contributed by atoms with Crippen molar-refractivity contribution in [3.05, 3.63) is 85.3 Å². The number of benzene rings is 3. The number of hydrogen-bond donors (Lipinski definition) is 0. The molecule has 0 bridgehead atoms. The third-order valence-electron chi connectivity index (χ3n) is 5.72. The third-order valence-corrected chi connectivity index (χ3v) is 6.86. The topological polar surface area (TPSA) is 31.0 Å². The maximum absolute atomic E-state index is 5.91. The molecule has 0 saturated heterocycles. The van der Waals surface area contributed by atoms with Gasteiger partial charge in [0.25, 0.3) is 0 Å². The third kappa shape index (κ3) is 1.94. The molecule has 0 radical (unpaired) electrons. The second-order valence-corrected chi connectivity index (χ2v) is 8.34. The van der Waals surface area contributed by atoms with Crippen LogP contribution in [0.2, 0.25) is 0 Å². The van der Waals surface area contributed by atoms with Crippen LogP contribution in [0.15, 0.2) is 89.7 Å². The number of pyridine rings is 1. The van der Waals surface area contributed by atoms with Gasteiger partial charge in [0.05, 0.1) is 22.2 Å². The summed E-state index contributed by atoms with van der Waals surface area (Å²) in [5, 5.41) is 4.84. The number of hydrogen-bond acceptors (Lipinski definition) is 3. The first-order valence-corrected chi connectivity index (χ1v) is 10.4. The first kappa shape index (κ1) is 15.3. The highest BCUT2D eigenvalue weighted by Crippen LogP contribution is 2.43. The van der Waals surface area contributed by atoms with Gasteiger partial charge in [0.15, 0.2) is 0 Å². The maximum Gasteiger partial charge on any atom is 0.136 e. The van der Waals surface area contributed by atoms with Crippen LogP contribution in [-0.4, -0.2) is 9.55 Å². The quantitative estimate of drug-likeness (QED) is 0.295. The summed E-state index contributed by atoms with van der Waals surface area (Å²) in [6.45, 7) is 0. The molecule has 0 aliphatic heterocycles. The molecule has 3 nitrogen and oxygen atoms in total. The minimum Gasteiger partial charge on any atom is -0.462 e. The molecule has 0 aliphatic carbocycles. The average Bonchev–Trinajstić information content (AvgIpc) is 3.44. The van der Waals surface area contributed by atoms with Crippen LogP contribution in [-0.2, 0) is 0 Å². The zero-order valence-corrected chi connectivity index (χ0v) is 16.1. The molecule has 136 valence electrons. The summed E-state index contributed by atoms with van der Waals surface area (Å²) in [6.07, 6.45) is 3.74. The van der Waals surface area contributed by atoms with Gasteiger partial charge in [-0.3, -0.25) is 4.98 Å². The molecule has 0 saturated carbocycles. The second kappa shape index (κ2) is 5.46. The fourth-order valence-electron chi connectivity index (χ4n) is 4.51. The van der Waals surface area contributed by atoms with Crippen molar-refractivity contribution in [2.75, 3.05) is 0 Å². The maximum atomic E-state index is 5.91. The standard InChI is InChI=1S/C25H14N2OS/c1-3-9-20-15(6-1)19(14-28-20)27-18-8-5-13-26-24(18)17-11-12-22-23(25(17)27)16-7-2-4-10-21(16)29-22/h1-14H. The molecule has 0 atom stereocenters. The Kier molecular flexibility index (Phi) is 2.88. The predicted octanol–water partition coefficient (Wildman–Crippen LogP) is 7.29. The summed E-state index contributed by atoms with van der Waals surface area (Å²) < 4.78 is 10.8. The van der Waals surface area contributed by atoms with Gasteiger partial charge in [-0.1, -0.05) is 30.3 Å². The van der Waals surface area contributed by atoms with Crippen LogP contribution in [0.1, 0.15) is 0 Å². The van der Waals surface area contributed by atoms with Crippen molar-refractivity contribution < 1.29 is 4.42 Å². The highest BCUT2D eigenvalue weighted by atomic mass is 32.1. The number of thiophene rings is 1. The molecule has 0 fully saturated rings. The Hall–Kier alpha value is -3.63. The first-order valence-electron chi connectivity index (χ1n) is 9.56. The molecule has 0 unspecified atom stereocenters. The fraction of sp³-hybridized carbons (Fsp3) is 0. The SMILES string of the molecule is c1ccc2c(-n3c4cccnc4c4ccc5sc6ccccc6c5c43)coc2c1. The van der Waals surface area contributed by atoms with Crippen LogP contribution < -0.4 is 0 Å². The number of aromatic nitrogens is 2. The van der Waals surface area contributed by atoms with Crippen molar-refractivity contribution in [3.63, 3.8) is 0 Å². The van der Waals surface area contributed by atoms with E-state index in [1.807, 2.05) is 42.0 Å². The van der Waals surface area contributed by atoms with Gasteiger partial charge in [0.2, 0.25) is 0 Å². The molecule has 3 aromatic carbocycles. The second-order valence-electron chi connectivity index (χ2n) is 7.26. The Labute approximate surface area is 169 Å². The van der Waals surface area contributed by atoms with Crippen LogP contribution in [0.5, 0.6) is 0 Å². The first-order chi connectivity index (χ1) is 14.4. The number of fused-ring (bicyclic) bond motifs is 8. The molecule has 0 amide bonds. The summed E-state index contributed by atoms with van der Waals surface area (Å²) in [6, 6.07) is 25.4. The van der Waals surface area contributed by atoms with E-state index in [2.05, 4.69) is 59.2 Å². The zero-order chi connectivity index (χ0) is 18.9. The van der Waals surface area contributed by atoms with Crippen LogP contribution in [0.25, 0.3) is 58.8 Å². The molecule has 0 spiro atoms. The van der Waals surface area contributed by atoms with Crippen molar-refractivity contribution >= 4 is 64.4 Å². The molecule has 0 N–H and O–H groups in total. The minimum atomic E-state index is 0.892. The van der Waals surface area contributed by atoms with Gasteiger partial charge in [-0.2, -0.15) is 0 Å². The van der Waals surface area contributed by atoms with Gasteiger partial charge in [0, 0.05) is 37.1 Å². The minimum absolute atomic E-state index is 0.892. The molecule has 0 aliphatic rings. The molecule has 4 heteroatoms. The lowest BCUT2D eigenvalue weighted by molar-refractivity contribution is 0.614. The number of nitrogens with zero attached hydrogens (tertiary/aromatic N) is 2. The smallest absolute Gasteiger partial charge is 0.136 e. The van der Waals surface area contributed by atoms with E-state index in [1.54, 1.807) is 0 Å². The predicted molar refractivity (Wildman–Crippen MR) is 121 cm³/mol. The summed E-state index contributed by atoms with van der Waals surface area (Å²) in [4.78, 5) is 4.74. The lowest BCUT2D eigenvalue weighted by Gasteiger charge is -2.06. The van der Waals surface area contributed by atoms with Crippen LogP contribution in [0.4, 0.5) is 0 Å². The molecule has 4 aromatic heterocycles. The van der Waals surface area contributed by atoms with Crippen molar-refractivity contribution in [3.8, 4) is 5.69 Å². The van der Waals surface area contributed by atoms with Gasteiger partial charge in [-0.05, 0) is 42.5 Å². The van der Waals surface area contributed by atoms with E-state index in [4.69, 9.17) is 9.40 Å². The van der Waals surface area contributed by atoms with Crippen molar-refractivity contribution in [1.82, 2.24) is 9.55 Å². The van der Waals surface area contributed by atoms with E-state index in [9.17, 15) is 0 Å². The Bertz CT molecular complexity index is 1720. The highest BCUT2D eigenvalue weighted by molar-refractivity contribution is 7.26. The van der Waals surface area contributed by atoms with Gasteiger partial charge in [-0.15, -0.1) is 11.3 Å². The molecule has 4 heterocycles. The average molecular weight is 390 g/mol. The Morgan fingerprint density at radius 2 is 1.62 bits per heavy atom. The summed E-state index contributed by atoms with van der Waals surface area (Å²) in [5.74, 6) is 0. The van der Waals surface area contributed by atoms with E-state index >= 15 is 0 Å². The molecular formula is C25H14N2OS. The van der Waals surface area contributed by atoms with Crippen molar-refractivity contribution in [1.29, 1.82) is 0 Å². The van der Waals surface area contributed by atoms with Gasteiger partial charge in [0.1, 0.15) is 11.8 Å². The normalized spacial score (nSPS) is 12.1. The lowest BCUT2D eigenvalue weighted by atomic mass is 10.1. The van der Waals surface area contributed by atoms with Crippen molar-refractivity contribution in [2.24, 2.45) is 0 Å². The summed E-state index contributed by atoms with van der Waals surface area (Å²) in [5.41, 5.74) is 5.25.